The second-order valence-corrected chi connectivity index (χ2v) is 6.23. The van der Waals surface area contributed by atoms with Crippen LogP contribution < -0.4 is 10.1 Å². The van der Waals surface area contributed by atoms with Crippen molar-refractivity contribution in [2.75, 3.05) is 0 Å². The Morgan fingerprint density at radius 3 is 2.92 bits per heavy atom. The van der Waals surface area contributed by atoms with Gasteiger partial charge >= 0.3 is 0 Å². The van der Waals surface area contributed by atoms with Gasteiger partial charge in [0.15, 0.2) is 5.82 Å². The normalized spacial score (nSPS) is 14.1. The van der Waals surface area contributed by atoms with Gasteiger partial charge in [0.25, 0.3) is 5.91 Å². The molecule has 1 amide bonds. The molecule has 1 N–H and O–H groups in total. The quantitative estimate of drug-likeness (QED) is 0.908. The smallest absolute Gasteiger partial charge is 0.253 e. The van der Waals surface area contributed by atoms with Gasteiger partial charge in [0, 0.05) is 25.2 Å². The van der Waals surface area contributed by atoms with Crippen molar-refractivity contribution >= 4 is 5.91 Å². The van der Waals surface area contributed by atoms with Gasteiger partial charge in [-0.3, -0.25) is 4.79 Å². The molecule has 7 nitrogen and oxygen atoms in total. The molecule has 0 saturated heterocycles. The second kappa shape index (κ2) is 7.42. The van der Waals surface area contributed by atoms with Crippen LogP contribution in [0, 0.1) is 0 Å². The van der Waals surface area contributed by atoms with Gasteiger partial charge in [0.1, 0.15) is 5.82 Å². The molecule has 0 bridgehead atoms. The molecule has 0 fully saturated rings. The molecule has 0 aromatic carbocycles. The number of hydrogen-bond donors (Lipinski definition) is 1. The lowest BCUT2D eigenvalue weighted by Gasteiger charge is -2.10. The average molecular weight is 329 g/mol. The van der Waals surface area contributed by atoms with Crippen molar-refractivity contribution in [2.24, 2.45) is 0 Å². The topological polar surface area (TPSA) is 81.9 Å². The molecule has 0 spiro atoms. The first-order valence-electron chi connectivity index (χ1n) is 8.45. The minimum Gasteiger partial charge on any atom is -0.475 e. The summed E-state index contributed by atoms with van der Waals surface area (Å²) in [6.45, 7) is 5.17. The van der Waals surface area contributed by atoms with Gasteiger partial charge in [0.05, 0.1) is 18.2 Å². The molecule has 0 aliphatic carbocycles. The standard InChI is InChI=1S/C17H23N5O2/c1-12(2)24-16-8-7-13(10-18-16)17(23)19-11-15-21-20-14-6-4-3-5-9-22(14)15/h7-8,10,12H,3-6,9,11H2,1-2H3,(H,19,23). The fourth-order valence-corrected chi connectivity index (χ4v) is 2.76. The third-order valence-electron chi connectivity index (χ3n) is 3.95. The molecule has 1 aliphatic rings. The number of rotatable bonds is 5. The molecule has 0 atom stereocenters. The maximum Gasteiger partial charge on any atom is 0.253 e. The Bertz CT molecular complexity index is 694. The number of aromatic nitrogens is 4. The lowest BCUT2D eigenvalue weighted by Crippen LogP contribution is -2.25. The predicted molar refractivity (Wildman–Crippen MR) is 88.7 cm³/mol. The molecular formula is C17H23N5O2. The number of amides is 1. The van der Waals surface area contributed by atoms with Crippen molar-refractivity contribution in [2.45, 2.75) is 58.7 Å². The van der Waals surface area contributed by atoms with Gasteiger partial charge in [-0.25, -0.2) is 4.98 Å². The van der Waals surface area contributed by atoms with Crippen molar-refractivity contribution in [3.8, 4) is 5.88 Å². The van der Waals surface area contributed by atoms with Crippen molar-refractivity contribution < 1.29 is 9.53 Å². The molecule has 128 valence electrons. The Hall–Kier alpha value is -2.44. The fraction of sp³-hybridized carbons (Fsp3) is 0.529. The Morgan fingerprint density at radius 1 is 1.29 bits per heavy atom. The third kappa shape index (κ3) is 3.90. The van der Waals surface area contributed by atoms with E-state index >= 15 is 0 Å². The van der Waals surface area contributed by atoms with Crippen LogP contribution in [0.4, 0.5) is 0 Å². The zero-order chi connectivity index (χ0) is 16.9. The lowest BCUT2D eigenvalue weighted by atomic mass is 10.2. The first kappa shape index (κ1) is 16.4. The highest BCUT2D eigenvalue weighted by Gasteiger charge is 2.15. The van der Waals surface area contributed by atoms with Crippen LogP contribution in [0.1, 0.15) is 55.1 Å². The van der Waals surface area contributed by atoms with Crippen molar-refractivity contribution in [3.63, 3.8) is 0 Å². The van der Waals surface area contributed by atoms with Gasteiger partial charge in [-0.15, -0.1) is 10.2 Å². The molecule has 3 heterocycles. The van der Waals surface area contributed by atoms with E-state index in [4.69, 9.17) is 4.74 Å². The predicted octanol–water partition coefficient (Wildman–Crippen LogP) is 2.12. The molecule has 0 saturated carbocycles. The molecular weight excluding hydrogens is 306 g/mol. The highest BCUT2D eigenvalue weighted by atomic mass is 16.5. The van der Waals surface area contributed by atoms with Crippen molar-refractivity contribution in [1.29, 1.82) is 0 Å². The van der Waals surface area contributed by atoms with Crippen LogP contribution in [0.2, 0.25) is 0 Å². The Kier molecular flexibility index (Phi) is 5.08. The summed E-state index contributed by atoms with van der Waals surface area (Å²) in [4.78, 5) is 16.4. The maximum atomic E-state index is 12.3. The minimum atomic E-state index is -0.176. The molecule has 3 rings (SSSR count). The van der Waals surface area contributed by atoms with Crippen LogP contribution in [-0.4, -0.2) is 31.8 Å². The fourth-order valence-electron chi connectivity index (χ4n) is 2.76. The van der Waals surface area contributed by atoms with Gasteiger partial charge in [-0.2, -0.15) is 0 Å². The second-order valence-electron chi connectivity index (χ2n) is 6.23. The molecule has 0 unspecified atom stereocenters. The highest BCUT2D eigenvalue weighted by Crippen LogP contribution is 2.14. The summed E-state index contributed by atoms with van der Waals surface area (Å²) in [7, 11) is 0. The van der Waals surface area contributed by atoms with E-state index < -0.39 is 0 Å². The van der Waals surface area contributed by atoms with E-state index in [0.29, 0.717) is 18.0 Å². The van der Waals surface area contributed by atoms with E-state index in [1.54, 1.807) is 12.1 Å². The summed E-state index contributed by atoms with van der Waals surface area (Å²) in [5.74, 6) is 2.18. The zero-order valence-electron chi connectivity index (χ0n) is 14.2. The first-order valence-corrected chi connectivity index (χ1v) is 8.45. The maximum absolute atomic E-state index is 12.3. The number of carbonyl (C=O) groups excluding carboxylic acids is 1. The number of carbonyl (C=O) groups is 1. The molecule has 2 aromatic heterocycles. The molecule has 2 aromatic rings. The van der Waals surface area contributed by atoms with Gasteiger partial charge in [-0.1, -0.05) is 6.42 Å². The highest BCUT2D eigenvalue weighted by molar-refractivity contribution is 5.93. The molecule has 1 aliphatic heterocycles. The lowest BCUT2D eigenvalue weighted by molar-refractivity contribution is 0.0949. The largest absolute Gasteiger partial charge is 0.475 e. The van der Waals surface area contributed by atoms with E-state index in [1.807, 2.05) is 13.8 Å². The van der Waals surface area contributed by atoms with Crippen LogP contribution in [0.25, 0.3) is 0 Å². The number of hydrogen-bond acceptors (Lipinski definition) is 5. The monoisotopic (exact) mass is 329 g/mol. The number of fused-ring (bicyclic) bond motifs is 1. The summed E-state index contributed by atoms with van der Waals surface area (Å²) in [6, 6.07) is 3.42. The summed E-state index contributed by atoms with van der Waals surface area (Å²) < 4.78 is 7.61. The Labute approximate surface area is 141 Å². The number of nitrogens with one attached hydrogen (secondary N) is 1. The summed E-state index contributed by atoms with van der Waals surface area (Å²) in [5.41, 5.74) is 0.502. The van der Waals surface area contributed by atoms with E-state index in [2.05, 4.69) is 25.1 Å². The molecule has 24 heavy (non-hydrogen) atoms. The summed E-state index contributed by atoms with van der Waals surface area (Å²) in [5, 5.41) is 11.3. The third-order valence-corrected chi connectivity index (χ3v) is 3.95. The SMILES string of the molecule is CC(C)Oc1ccc(C(=O)NCc2nnc3n2CCCCC3)cn1. The average Bonchev–Trinajstić information content (AvgIpc) is 2.79. The van der Waals surface area contributed by atoms with Crippen LogP contribution >= 0.6 is 0 Å². The van der Waals surface area contributed by atoms with Crippen molar-refractivity contribution in [1.82, 2.24) is 25.1 Å². The van der Waals surface area contributed by atoms with E-state index in [9.17, 15) is 4.79 Å². The van der Waals surface area contributed by atoms with Crippen LogP contribution in [0.5, 0.6) is 5.88 Å². The van der Waals surface area contributed by atoms with Gasteiger partial charge in [0.2, 0.25) is 5.88 Å². The minimum absolute atomic E-state index is 0.0559. The van der Waals surface area contributed by atoms with Crippen LogP contribution in [0.3, 0.4) is 0 Å². The van der Waals surface area contributed by atoms with E-state index in [1.165, 1.54) is 12.6 Å². The molecule has 7 heteroatoms. The molecule has 0 radical (unpaired) electrons. The summed E-state index contributed by atoms with van der Waals surface area (Å²) >= 11 is 0. The number of nitrogens with zero attached hydrogens (tertiary/aromatic N) is 4. The zero-order valence-corrected chi connectivity index (χ0v) is 14.2. The number of ether oxygens (including phenoxy) is 1. The van der Waals surface area contributed by atoms with Gasteiger partial charge in [-0.05, 0) is 32.8 Å². The number of aryl methyl sites for hydroxylation is 1. The van der Waals surface area contributed by atoms with Gasteiger partial charge < -0.3 is 14.6 Å². The van der Waals surface area contributed by atoms with E-state index in [-0.39, 0.29) is 12.0 Å². The van der Waals surface area contributed by atoms with Crippen molar-refractivity contribution in [3.05, 3.63) is 35.5 Å². The van der Waals surface area contributed by atoms with Crippen LogP contribution in [-0.2, 0) is 19.5 Å². The Balaban J connectivity index is 1.60. The van der Waals surface area contributed by atoms with E-state index in [0.717, 1.165) is 37.5 Å². The first-order chi connectivity index (χ1) is 11.6. The van der Waals surface area contributed by atoms with Crippen LogP contribution in [0.15, 0.2) is 18.3 Å². The Morgan fingerprint density at radius 2 is 2.17 bits per heavy atom. The number of pyridine rings is 1. The summed E-state index contributed by atoms with van der Waals surface area (Å²) in [6.07, 6.45) is 6.04.